The lowest BCUT2D eigenvalue weighted by Gasteiger charge is -2.19. The third-order valence-corrected chi connectivity index (χ3v) is 2.86. The number of para-hydroxylation sites is 2. The van der Waals surface area contributed by atoms with Gasteiger partial charge in [-0.1, -0.05) is 30.4 Å². The Morgan fingerprint density at radius 1 is 1.12 bits per heavy atom. The van der Waals surface area contributed by atoms with Gasteiger partial charge in [-0.3, -0.25) is 0 Å². The first-order chi connectivity index (χ1) is 7.93. The summed E-state index contributed by atoms with van der Waals surface area (Å²) in [5, 5.41) is 0. The summed E-state index contributed by atoms with van der Waals surface area (Å²) in [4.78, 5) is 4.66. The number of nitrogens with zero attached hydrogens (tertiary/aromatic N) is 1. The van der Waals surface area contributed by atoms with Crippen molar-refractivity contribution in [1.29, 1.82) is 0 Å². The highest BCUT2D eigenvalue weighted by Crippen LogP contribution is 2.31. The van der Waals surface area contributed by atoms with Gasteiger partial charge >= 0.3 is 0 Å². The molecule has 2 nitrogen and oxygen atoms in total. The van der Waals surface area contributed by atoms with Gasteiger partial charge in [-0.25, -0.2) is 4.99 Å². The van der Waals surface area contributed by atoms with Crippen molar-refractivity contribution < 1.29 is 4.74 Å². The van der Waals surface area contributed by atoms with Crippen LogP contribution in [0.4, 0.5) is 5.69 Å². The fourth-order valence-corrected chi connectivity index (χ4v) is 2.00. The van der Waals surface area contributed by atoms with Crippen LogP contribution in [-0.2, 0) is 0 Å². The van der Waals surface area contributed by atoms with Crippen molar-refractivity contribution in [3.63, 3.8) is 0 Å². The molecule has 0 saturated heterocycles. The Hall–Kier alpha value is -1.83. The first kappa shape index (κ1) is 9.40. The minimum absolute atomic E-state index is 0.594. The van der Waals surface area contributed by atoms with E-state index in [1.807, 2.05) is 24.3 Å². The Morgan fingerprint density at radius 2 is 2.06 bits per heavy atom. The Labute approximate surface area is 95.0 Å². The Kier molecular flexibility index (Phi) is 2.33. The summed E-state index contributed by atoms with van der Waals surface area (Å²) < 4.78 is 5.69. The van der Waals surface area contributed by atoms with Crippen LogP contribution in [0, 0.1) is 0 Å². The van der Waals surface area contributed by atoms with E-state index in [2.05, 4.69) is 23.2 Å². The van der Waals surface area contributed by atoms with E-state index in [0.29, 0.717) is 6.61 Å². The zero-order valence-electron chi connectivity index (χ0n) is 9.02. The predicted molar refractivity (Wildman–Crippen MR) is 65.5 cm³/mol. The molecule has 0 N–H and O–H groups in total. The van der Waals surface area contributed by atoms with Gasteiger partial charge < -0.3 is 4.74 Å². The maximum absolute atomic E-state index is 5.69. The molecule has 1 aromatic carbocycles. The average Bonchev–Trinajstić information content (AvgIpc) is 2.39. The average molecular weight is 211 g/mol. The summed E-state index contributed by atoms with van der Waals surface area (Å²) in [6, 6.07) is 7.92. The number of aliphatic imine (C=N–C) groups is 1. The lowest BCUT2D eigenvalue weighted by molar-refractivity contribution is 0.372. The van der Waals surface area contributed by atoms with Gasteiger partial charge in [0.05, 0.1) is 5.71 Å². The van der Waals surface area contributed by atoms with Crippen molar-refractivity contribution >= 4 is 11.4 Å². The monoisotopic (exact) mass is 211 g/mol. The van der Waals surface area contributed by atoms with Gasteiger partial charge in [-0.15, -0.1) is 0 Å². The van der Waals surface area contributed by atoms with Crippen LogP contribution >= 0.6 is 0 Å². The smallest absolute Gasteiger partial charge is 0.145 e. The van der Waals surface area contributed by atoms with Crippen molar-refractivity contribution in [3.8, 4) is 5.75 Å². The van der Waals surface area contributed by atoms with Crippen LogP contribution in [0.1, 0.15) is 12.8 Å². The number of hydrogen-bond donors (Lipinski definition) is 0. The largest absolute Gasteiger partial charge is 0.485 e. The molecule has 1 aliphatic carbocycles. The molecular weight excluding hydrogens is 198 g/mol. The minimum atomic E-state index is 0.594. The SMILES string of the molecule is C1=CCC(C2=Nc3ccccc3OC2)=CC1. The second kappa shape index (κ2) is 3.97. The molecule has 0 spiro atoms. The second-order valence-corrected chi connectivity index (χ2v) is 3.96. The fourth-order valence-electron chi connectivity index (χ4n) is 2.00. The van der Waals surface area contributed by atoms with Gasteiger partial charge in [0.25, 0.3) is 0 Å². The van der Waals surface area contributed by atoms with Gasteiger partial charge in [0.1, 0.15) is 18.0 Å². The summed E-state index contributed by atoms with van der Waals surface area (Å²) >= 11 is 0. The molecule has 1 aliphatic heterocycles. The van der Waals surface area contributed by atoms with E-state index in [1.54, 1.807) is 0 Å². The van der Waals surface area contributed by atoms with Crippen molar-refractivity contribution in [1.82, 2.24) is 0 Å². The molecule has 0 aromatic heterocycles. The van der Waals surface area contributed by atoms with Crippen molar-refractivity contribution in [2.24, 2.45) is 4.99 Å². The highest BCUT2D eigenvalue weighted by Gasteiger charge is 2.15. The Morgan fingerprint density at radius 3 is 2.94 bits per heavy atom. The normalized spacial score (nSPS) is 18.2. The van der Waals surface area contributed by atoms with Gasteiger partial charge in [0.15, 0.2) is 0 Å². The fraction of sp³-hybridized carbons (Fsp3) is 0.214. The molecule has 0 atom stereocenters. The van der Waals surface area contributed by atoms with E-state index in [-0.39, 0.29) is 0 Å². The summed E-state index contributed by atoms with van der Waals surface area (Å²) in [6.45, 7) is 0.594. The Bertz CT molecular complexity index is 497. The number of hydrogen-bond acceptors (Lipinski definition) is 2. The molecule has 0 bridgehead atoms. The number of rotatable bonds is 1. The third-order valence-electron chi connectivity index (χ3n) is 2.86. The molecule has 0 fully saturated rings. The first-order valence-corrected chi connectivity index (χ1v) is 5.57. The van der Waals surface area contributed by atoms with Gasteiger partial charge in [0.2, 0.25) is 0 Å². The van der Waals surface area contributed by atoms with Crippen LogP contribution in [0.5, 0.6) is 5.75 Å². The molecule has 0 amide bonds. The molecule has 2 aliphatic rings. The number of ether oxygens (including phenoxy) is 1. The predicted octanol–water partition coefficient (Wildman–Crippen LogP) is 3.43. The van der Waals surface area contributed by atoms with Crippen molar-refractivity contribution in [3.05, 3.63) is 48.1 Å². The molecule has 80 valence electrons. The zero-order valence-corrected chi connectivity index (χ0v) is 9.02. The summed E-state index contributed by atoms with van der Waals surface area (Å²) in [6.07, 6.45) is 8.59. The summed E-state index contributed by atoms with van der Waals surface area (Å²) in [5.74, 6) is 0.887. The van der Waals surface area contributed by atoms with Crippen molar-refractivity contribution in [2.45, 2.75) is 12.8 Å². The van der Waals surface area contributed by atoms with Gasteiger partial charge in [0, 0.05) is 0 Å². The van der Waals surface area contributed by atoms with E-state index in [0.717, 1.165) is 30.0 Å². The molecule has 0 saturated carbocycles. The molecule has 2 heteroatoms. The molecular formula is C14H13NO. The second-order valence-electron chi connectivity index (χ2n) is 3.96. The summed E-state index contributed by atoms with van der Waals surface area (Å²) in [5.41, 5.74) is 3.32. The van der Waals surface area contributed by atoms with Gasteiger partial charge in [-0.05, 0) is 30.5 Å². The highest BCUT2D eigenvalue weighted by atomic mass is 16.5. The topological polar surface area (TPSA) is 21.6 Å². The molecule has 3 rings (SSSR count). The molecule has 0 radical (unpaired) electrons. The highest BCUT2D eigenvalue weighted by molar-refractivity contribution is 6.04. The standard InChI is InChI=1S/C14H13NO/c1-2-6-11(7-3-1)13-10-16-14-9-5-4-8-12(14)15-13/h1-2,4-5,7-9H,3,6,10H2. The van der Waals surface area contributed by atoms with Crippen molar-refractivity contribution in [2.75, 3.05) is 6.61 Å². The molecule has 0 unspecified atom stereocenters. The maximum atomic E-state index is 5.69. The van der Waals surface area contributed by atoms with Crippen LogP contribution in [0.2, 0.25) is 0 Å². The number of fused-ring (bicyclic) bond motifs is 1. The van der Waals surface area contributed by atoms with E-state index < -0.39 is 0 Å². The van der Waals surface area contributed by atoms with E-state index in [4.69, 9.17) is 4.74 Å². The Balaban J connectivity index is 1.94. The molecule has 1 heterocycles. The van der Waals surface area contributed by atoms with E-state index >= 15 is 0 Å². The van der Waals surface area contributed by atoms with E-state index in [9.17, 15) is 0 Å². The number of allylic oxidation sites excluding steroid dienone is 3. The van der Waals surface area contributed by atoms with Crippen LogP contribution < -0.4 is 4.74 Å². The maximum Gasteiger partial charge on any atom is 0.145 e. The molecule has 16 heavy (non-hydrogen) atoms. The minimum Gasteiger partial charge on any atom is -0.485 e. The lowest BCUT2D eigenvalue weighted by Crippen LogP contribution is -2.17. The quantitative estimate of drug-likeness (QED) is 0.652. The first-order valence-electron chi connectivity index (χ1n) is 5.57. The lowest BCUT2D eigenvalue weighted by atomic mass is 10.0. The van der Waals surface area contributed by atoms with Crippen LogP contribution in [0.3, 0.4) is 0 Å². The summed E-state index contributed by atoms with van der Waals surface area (Å²) in [7, 11) is 0. The molecule has 1 aromatic rings. The van der Waals surface area contributed by atoms with Crippen LogP contribution in [0.15, 0.2) is 53.1 Å². The number of benzene rings is 1. The third kappa shape index (κ3) is 1.67. The zero-order chi connectivity index (χ0) is 10.8. The van der Waals surface area contributed by atoms with Crippen LogP contribution in [0.25, 0.3) is 0 Å². The van der Waals surface area contributed by atoms with Gasteiger partial charge in [-0.2, -0.15) is 0 Å². The van der Waals surface area contributed by atoms with E-state index in [1.165, 1.54) is 5.57 Å². The van der Waals surface area contributed by atoms with Crippen LogP contribution in [-0.4, -0.2) is 12.3 Å².